The van der Waals surface area contributed by atoms with E-state index in [-0.39, 0.29) is 11.4 Å². The summed E-state index contributed by atoms with van der Waals surface area (Å²) in [6.45, 7) is 2.51. The lowest BCUT2D eigenvalue weighted by molar-refractivity contribution is 0.0953. The minimum Gasteiger partial charge on any atom is -0.352 e. The maximum absolute atomic E-state index is 13.4. The van der Waals surface area contributed by atoms with Gasteiger partial charge in [-0.15, -0.1) is 0 Å². The van der Waals surface area contributed by atoms with Gasteiger partial charge in [-0.1, -0.05) is 6.92 Å². The van der Waals surface area contributed by atoms with Crippen LogP contribution >= 0.6 is 0 Å². The number of carbonyl (C=O) groups is 1. The average Bonchev–Trinajstić information content (AvgIpc) is 2.40. The van der Waals surface area contributed by atoms with E-state index < -0.39 is 11.6 Å². The highest BCUT2D eigenvalue weighted by Gasteiger charge is 2.11. The van der Waals surface area contributed by atoms with E-state index in [0.29, 0.717) is 17.5 Å². The smallest absolute Gasteiger partial charge is 0.252 e. The second-order valence-corrected chi connectivity index (χ2v) is 3.91. The highest BCUT2D eigenvalue weighted by Crippen LogP contribution is 2.19. The topological polar surface area (TPSA) is 42.0 Å². The number of pyridine rings is 1. The van der Waals surface area contributed by atoms with Gasteiger partial charge < -0.3 is 5.32 Å². The Labute approximate surface area is 103 Å². The van der Waals surface area contributed by atoms with E-state index in [1.54, 1.807) is 0 Å². The highest BCUT2D eigenvalue weighted by molar-refractivity contribution is 5.97. The van der Waals surface area contributed by atoms with Gasteiger partial charge in [0.05, 0.1) is 5.56 Å². The molecule has 0 aliphatic heterocycles. The Morgan fingerprint density at radius 1 is 1.39 bits per heavy atom. The second kappa shape index (κ2) is 5.08. The number of fused-ring (bicyclic) bond motifs is 1. The number of benzene rings is 1. The molecule has 0 spiro atoms. The van der Waals surface area contributed by atoms with Crippen molar-refractivity contribution in [3.8, 4) is 0 Å². The zero-order valence-electron chi connectivity index (χ0n) is 9.84. The molecule has 0 bridgehead atoms. The maximum Gasteiger partial charge on any atom is 0.252 e. The summed E-state index contributed by atoms with van der Waals surface area (Å²) in [5, 5.41) is 3.09. The van der Waals surface area contributed by atoms with E-state index in [1.807, 2.05) is 6.92 Å². The van der Waals surface area contributed by atoms with Crippen LogP contribution < -0.4 is 5.32 Å². The Bertz CT molecular complexity index is 599. The molecule has 2 rings (SSSR count). The zero-order valence-corrected chi connectivity index (χ0v) is 9.84. The fraction of sp³-hybridized carbons (Fsp3) is 0.231. The molecule has 0 aliphatic rings. The van der Waals surface area contributed by atoms with Crippen LogP contribution in [0.3, 0.4) is 0 Å². The Hall–Kier alpha value is -2.04. The van der Waals surface area contributed by atoms with E-state index in [2.05, 4.69) is 10.3 Å². The van der Waals surface area contributed by atoms with Crippen molar-refractivity contribution in [1.82, 2.24) is 10.3 Å². The highest BCUT2D eigenvalue weighted by atomic mass is 19.2. The van der Waals surface area contributed by atoms with Crippen molar-refractivity contribution < 1.29 is 13.6 Å². The molecule has 5 heteroatoms. The van der Waals surface area contributed by atoms with E-state index in [1.165, 1.54) is 18.3 Å². The number of rotatable bonds is 3. The molecule has 0 aliphatic carbocycles. The summed E-state index contributed by atoms with van der Waals surface area (Å²) < 4.78 is 26.4. The standard InChI is InChI=1S/C13H12F2N2O/c1-2-5-16-13(18)9-6-8-3-4-10(14)11(15)12(8)17-7-9/h3-4,6-7H,2,5H2,1H3,(H,16,18). The summed E-state index contributed by atoms with van der Waals surface area (Å²) in [5.74, 6) is -2.21. The van der Waals surface area contributed by atoms with Gasteiger partial charge in [-0.25, -0.2) is 8.78 Å². The molecule has 1 amide bonds. The monoisotopic (exact) mass is 250 g/mol. The fourth-order valence-corrected chi connectivity index (χ4v) is 1.61. The summed E-state index contributed by atoms with van der Waals surface area (Å²) in [5.41, 5.74) is 0.268. The van der Waals surface area contributed by atoms with Gasteiger partial charge in [0.1, 0.15) is 5.52 Å². The third kappa shape index (κ3) is 2.30. The van der Waals surface area contributed by atoms with Crippen LogP contribution in [0.1, 0.15) is 23.7 Å². The van der Waals surface area contributed by atoms with Crippen molar-refractivity contribution >= 4 is 16.8 Å². The second-order valence-electron chi connectivity index (χ2n) is 3.91. The van der Waals surface area contributed by atoms with Gasteiger partial charge in [0.25, 0.3) is 5.91 Å². The van der Waals surface area contributed by atoms with Gasteiger partial charge in [0.2, 0.25) is 0 Å². The van der Waals surface area contributed by atoms with Crippen LogP contribution in [-0.2, 0) is 0 Å². The van der Waals surface area contributed by atoms with Crippen LogP contribution in [0.4, 0.5) is 8.78 Å². The van der Waals surface area contributed by atoms with Crippen molar-refractivity contribution in [2.75, 3.05) is 6.54 Å². The average molecular weight is 250 g/mol. The number of halogens is 2. The largest absolute Gasteiger partial charge is 0.352 e. The van der Waals surface area contributed by atoms with Crippen molar-refractivity contribution in [2.45, 2.75) is 13.3 Å². The van der Waals surface area contributed by atoms with E-state index in [0.717, 1.165) is 12.5 Å². The van der Waals surface area contributed by atoms with E-state index >= 15 is 0 Å². The molecule has 1 N–H and O–H groups in total. The molecule has 18 heavy (non-hydrogen) atoms. The van der Waals surface area contributed by atoms with Gasteiger partial charge in [0, 0.05) is 18.1 Å². The normalized spacial score (nSPS) is 10.6. The number of aromatic nitrogens is 1. The fourth-order valence-electron chi connectivity index (χ4n) is 1.61. The molecule has 1 aromatic heterocycles. The van der Waals surface area contributed by atoms with Crippen LogP contribution in [0.2, 0.25) is 0 Å². The molecule has 0 unspecified atom stereocenters. The van der Waals surface area contributed by atoms with Crippen LogP contribution in [0.15, 0.2) is 24.4 Å². The number of hydrogen-bond donors (Lipinski definition) is 1. The predicted molar refractivity (Wildman–Crippen MR) is 64.3 cm³/mol. The molecule has 0 saturated heterocycles. The van der Waals surface area contributed by atoms with E-state index in [9.17, 15) is 13.6 Å². The Balaban J connectivity index is 2.39. The molecule has 3 nitrogen and oxygen atoms in total. The SMILES string of the molecule is CCCNC(=O)c1cnc2c(F)c(F)ccc2c1. The van der Waals surface area contributed by atoms with Crippen LogP contribution in [0.5, 0.6) is 0 Å². The number of hydrogen-bond acceptors (Lipinski definition) is 2. The Morgan fingerprint density at radius 2 is 2.17 bits per heavy atom. The van der Waals surface area contributed by atoms with Crippen molar-refractivity contribution in [3.05, 3.63) is 41.6 Å². The van der Waals surface area contributed by atoms with Crippen molar-refractivity contribution in [3.63, 3.8) is 0 Å². The van der Waals surface area contributed by atoms with Gasteiger partial charge in [-0.2, -0.15) is 0 Å². The van der Waals surface area contributed by atoms with Gasteiger partial charge in [-0.05, 0) is 24.6 Å². The molecule has 1 aromatic carbocycles. The van der Waals surface area contributed by atoms with Gasteiger partial charge in [0.15, 0.2) is 11.6 Å². The minimum atomic E-state index is -0.993. The first-order valence-electron chi connectivity index (χ1n) is 5.65. The number of nitrogens with zero attached hydrogens (tertiary/aromatic N) is 1. The van der Waals surface area contributed by atoms with E-state index in [4.69, 9.17) is 0 Å². The molecule has 0 saturated carbocycles. The third-order valence-corrected chi connectivity index (χ3v) is 2.54. The number of carbonyl (C=O) groups excluding carboxylic acids is 1. The van der Waals surface area contributed by atoms with Crippen molar-refractivity contribution in [2.24, 2.45) is 0 Å². The predicted octanol–water partition coefficient (Wildman–Crippen LogP) is 2.65. The van der Waals surface area contributed by atoms with Crippen molar-refractivity contribution in [1.29, 1.82) is 0 Å². The van der Waals surface area contributed by atoms with Crippen LogP contribution in [-0.4, -0.2) is 17.4 Å². The maximum atomic E-state index is 13.4. The molecular weight excluding hydrogens is 238 g/mol. The first kappa shape index (κ1) is 12.4. The third-order valence-electron chi connectivity index (χ3n) is 2.54. The summed E-state index contributed by atoms with van der Waals surface area (Å²) in [6.07, 6.45) is 2.07. The minimum absolute atomic E-state index is 0.0676. The lowest BCUT2D eigenvalue weighted by Crippen LogP contribution is -2.24. The molecule has 0 radical (unpaired) electrons. The van der Waals surface area contributed by atoms with Crippen LogP contribution in [0.25, 0.3) is 10.9 Å². The molecule has 0 atom stereocenters. The van der Waals surface area contributed by atoms with Gasteiger partial charge >= 0.3 is 0 Å². The zero-order chi connectivity index (χ0) is 13.1. The number of amides is 1. The Kier molecular flexibility index (Phi) is 3.50. The van der Waals surface area contributed by atoms with Gasteiger partial charge in [-0.3, -0.25) is 9.78 Å². The summed E-state index contributed by atoms with van der Waals surface area (Å²) in [4.78, 5) is 15.5. The molecular formula is C13H12F2N2O. The lowest BCUT2D eigenvalue weighted by Gasteiger charge is -2.05. The Morgan fingerprint density at radius 3 is 2.89 bits per heavy atom. The lowest BCUT2D eigenvalue weighted by atomic mass is 10.1. The first-order valence-corrected chi connectivity index (χ1v) is 5.65. The summed E-state index contributed by atoms with van der Waals surface area (Å²) in [7, 11) is 0. The molecule has 94 valence electrons. The molecule has 0 fully saturated rings. The summed E-state index contributed by atoms with van der Waals surface area (Å²) >= 11 is 0. The molecule has 2 aromatic rings. The number of nitrogens with one attached hydrogen (secondary N) is 1. The first-order chi connectivity index (χ1) is 8.63. The summed E-state index contributed by atoms with van der Waals surface area (Å²) in [6, 6.07) is 3.92. The molecule has 1 heterocycles. The quantitative estimate of drug-likeness (QED) is 0.909. The van der Waals surface area contributed by atoms with Crippen LogP contribution in [0, 0.1) is 11.6 Å².